The van der Waals surface area contributed by atoms with Crippen LogP contribution in [0.5, 0.6) is 0 Å². The largest absolute Gasteiger partial charge is 0.382 e. The fraction of sp³-hybridized carbons (Fsp3) is 0.200. The molecule has 0 aliphatic carbocycles. The van der Waals surface area contributed by atoms with Gasteiger partial charge in [0.2, 0.25) is 0 Å². The fourth-order valence-electron chi connectivity index (χ4n) is 1.35. The molecule has 2 aromatic heterocycles. The number of hydrogen-bond donors (Lipinski definition) is 1. The first-order valence-electron chi connectivity index (χ1n) is 4.33. The third-order valence-corrected chi connectivity index (χ3v) is 2.16. The van der Waals surface area contributed by atoms with Crippen molar-refractivity contribution in [3.05, 3.63) is 48.3 Å². The number of aromatic nitrogens is 3. The van der Waals surface area contributed by atoms with Gasteiger partial charge in [0, 0.05) is 19.4 Å². The topological polar surface area (TPSA) is 50.9 Å². The summed E-state index contributed by atoms with van der Waals surface area (Å²) < 4.78 is 1.80. The van der Waals surface area contributed by atoms with E-state index in [0.29, 0.717) is 0 Å². The van der Waals surface area contributed by atoms with Crippen LogP contribution in [0.25, 0.3) is 0 Å². The molecule has 1 unspecified atom stereocenters. The molecule has 2 aromatic rings. The zero-order chi connectivity index (χ0) is 9.97. The number of nitrogens with zero attached hydrogens (tertiary/aromatic N) is 3. The summed E-state index contributed by atoms with van der Waals surface area (Å²) in [5.74, 6) is 0. The molecular weight excluding hydrogens is 178 g/mol. The monoisotopic (exact) mass is 189 g/mol. The standard InChI is InChI=1S/C10H11N3O/c1-13-7-12-6-9(13)10(14)8-2-4-11-5-3-8/h2-7,10,14H,1H3. The van der Waals surface area contributed by atoms with Crippen molar-refractivity contribution < 1.29 is 5.11 Å². The summed E-state index contributed by atoms with van der Waals surface area (Å²) in [5.41, 5.74) is 1.60. The summed E-state index contributed by atoms with van der Waals surface area (Å²) in [6.45, 7) is 0. The highest BCUT2D eigenvalue weighted by molar-refractivity contribution is 5.22. The van der Waals surface area contributed by atoms with Crippen LogP contribution in [0.2, 0.25) is 0 Å². The van der Waals surface area contributed by atoms with Crippen LogP contribution in [-0.4, -0.2) is 19.6 Å². The van der Waals surface area contributed by atoms with Crippen LogP contribution in [0.3, 0.4) is 0 Å². The third-order valence-electron chi connectivity index (χ3n) is 2.16. The number of pyridine rings is 1. The van der Waals surface area contributed by atoms with Gasteiger partial charge in [0.25, 0.3) is 0 Å². The number of aliphatic hydroxyl groups is 1. The van der Waals surface area contributed by atoms with Crippen LogP contribution in [0.1, 0.15) is 17.4 Å². The van der Waals surface area contributed by atoms with Crippen molar-refractivity contribution in [1.29, 1.82) is 0 Å². The molecule has 4 nitrogen and oxygen atoms in total. The maximum absolute atomic E-state index is 9.97. The van der Waals surface area contributed by atoms with Crippen LogP contribution in [0.15, 0.2) is 37.1 Å². The molecule has 0 saturated carbocycles. The highest BCUT2D eigenvalue weighted by Crippen LogP contribution is 2.19. The van der Waals surface area contributed by atoms with E-state index in [1.54, 1.807) is 41.6 Å². The van der Waals surface area contributed by atoms with E-state index in [2.05, 4.69) is 9.97 Å². The lowest BCUT2D eigenvalue weighted by atomic mass is 10.1. The van der Waals surface area contributed by atoms with E-state index in [1.807, 2.05) is 7.05 Å². The summed E-state index contributed by atoms with van der Waals surface area (Å²) in [5, 5.41) is 9.97. The summed E-state index contributed by atoms with van der Waals surface area (Å²) >= 11 is 0. The molecule has 4 heteroatoms. The lowest BCUT2D eigenvalue weighted by molar-refractivity contribution is 0.211. The second kappa shape index (κ2) is 3.59. The van der Waals surface area contributed by atoms with Crippen molar-refractivity contribution in [2.45, 2.75) is 6.10 Å². The van der Waals surface area contributed by atoms with E-state index >= 15 is 0 Å². The average molecular weight is 189 g/mol. The Morgan fingerprint density at radius 3 is 2.57 bits per heavy atom. The van der Waals surface area contributed by atoms with Crippen molar-refractivity contribution in [3.8, 4) is 0 Å². The van der Waals surface area contributed by atoms with Crippen LogP contribution >= 0.6 is 0 Å². The number of hydrogen-bond acceptors (Lipinski definition) is 3. The summed E-state index contributed by atoms with van der Waals surface area (Å²) in [4.78, 5) is 7.85. The first-order valence-corrected chi connectivity index (χ1v) is 4.33. The Labute approximate surface area is 81.9 Å². The normalized spacial score (nSPS) is 12.7. The Morgan fingerprint density at radius 1 is 1.29 bits per heavy atom. The predicted octanol–water partition coefficient (Wildman–Crippen LogP) is 0.897. The zero-order valence-corrected chi connectivity index (χ0v) is 7.83. The smallest absolute Gasteiger partial charge is 0.121 e. The van der Waals surface area contributed by atoms with Gasteiger partial charge in [-0.2, -0.15) is 0 Å². The van der Waals surface area contributed by atoms with E-state index in [-0.39, 0.29) is 0 Å². The van der Waals surface area contributed by atoms with Crippen molar-refractivity contribution in [2.24, 2.45) is 7.05 Å². The zero-order valence-electron chi connectivity index (χ0n) is 7.83. The van der Waals surface area contributed by atoms with Gasteiger partial charge in [0.15, 0.2) is 0 Å². The molecule has 1 atom stereocenters. The quantitative estimate of drug-likeness (QED) is 0.763. The van der Waals surface area contributed by atoms with Gasteiger partial charge in [-0.3, -0.25) is 4.98 Å². The van der Waals surface area contributed by atoms with E-state index in [0.717, 1.165) is 11.3 Å². The molecule has 2 heterocycles. The molecule has 72 valence electrons. The van der Waals surface area contributed by atoms with Gasteiger partial charge >= 0.3 is 0 Å². The Hall–Kier alpha value is -1.68. The molecule has 0 bridgehead atoms. The van der Waals surface area contributed by atoms with Gasteiger partial charge < -0.3 is 9.67 Å². The summed E-state index contributed by atoms with van der Waals surface area (Å²) in [7, 11) is 1.85. The molecule has 2 rings (SSSR count). The maximum Gasteiger partial charge on any atom is 0.121 e. The summed E-state index contributed by atoms with van der Waals surface area (Å²) in [6.07, 6.45) is 6.01. The first-order chi connectivity index (χ1) is 6.79. The second-order valence-electron chi connectivity index (χ2n) is 3.11. The molecular formula is C10H11N3O. The van der Waals surface area contributed by atoms with Crippen molar-refractivity contribution in [1.82, 2.24) is 14.5 Å². The van der Waals surface area contributed by atoms with Crippen LogP contribution in [0.4, 0.5) is 0 Å². The second-order valence-corrected chi connectivity index (χ2v) is 3.11. The Balaban J connectivity index is 2.34. The molecule has 0 amide bonds. The molecule has 14 heavy (non-hydrogen) atoms. The van der Waals surface area contributed by atoms with Crippen molar-refractivity contribution in [2.75, 3.05) is 0 Å². The molecule has 0 aromatic carbocycles. The maximum atomic E-state index is 9.97. The molecule has 0 aliphatic rings. The minimum absolute atomic E-state index is 0.634. The lowest BCUT2D eigenvalue weighted by Gasteiger charge is -2.10. The van der Waals surface area contributed by atoms with Crippen LogP contribution in [0, 0.1) is 0 Å². The highest BCUT2D eigenvalue weighted by atomic mass is 16.3. The predicted molar refractivity (Wildman–Crippen MR) is 51.5 cm³/mol. The molecule has 0 fully saturated rings. The molecule has 0 aliphatic heterocycles. The highest BCUT2D eigenvalue weighted by Gasteiger charge is 2.12. The number of rotatable bonds is 2. The van der Waals surface area contributed by atoms with Gasteiger partial charge in [0.1, 0.15) is 6.10 Å². The van der Waals surface area contributed by atoms with E-state index in [1.165, 1.54) is 0 Å². The number of aryl methyl sites for hydroxylation is 1. The SMILES string of the molecule is Cn1cncc1C(O)c1ccncc1. The van der Waals surface area contributed by atoms with Gasteiger partial charge in [-0.1, -0.05) is 0 Å². The Kier molecular flexibility index (Phi) is 2.28. The van der Waals surface area contributed by atoms with Crippen LogP contribution < -0.4 is 0 Å². The van der Waals surface area contributed by atoms with Gasteiger partial charge in [-0.05, 0) is 17.7 Å². The number of aliphatic hydroxyl groups excluding tert-OH is 1. The van der Waals surface area contributed by atoms with Gasteiger partial charge in [-0.25, -0.2) is 4.98 Å². The Bertz CT molecular complexity index is 410. The van der Waals surface area contributed by atoms with E-state index in [9.17, 15) is 5.11 Å². The van der Waals surface area contributed by atoms with Crippen LogP contribution in [-0.2, 0) is 7.05 Å². The molecule has 1 N–H and O–H groups in total. The van der Waals surface area contributed by atoms with E-state index < -0.39 is 6.10 Å². The summed E-state index contributed by atoms with van der Waals surface area (Å²) in [6, 6.07) is 3.58. The minimum Gasteiger partial charge on any atom is -0.382 e. The molecule has 0 saturated heterocycles. The fourth-order valence-corrected chi connectivity index (χ4v) is 1.35. The molecule has 0 radical (unpaired) electrons. The van der Waals surface area contributed by atoms with E-state index in [4.69, 9.17) is 0 Å². The lowest BCUT2D eigenvalue weighted by Crippen LogP contribution is -2.04. The third kappa shape index (κ3) is 1.52. The Morgan fingerprint density at radius 2 is 2.00 bits per heavy atom. The van der Waals surface area contributed by atoms with Gasteiger partial charge in [-0.15, -0.1) is 0 Å². The van der Waals surface area contributed by atoms with Crippen molar-refractivity contribution in [3.63, 3.8) is 0 Å². The first kappa shape index (κ1) is 8.90. The minimum atomic E-state index is -0.634. The number of imidazole rings is 1. The molecule has 0 spiro atoms. The average Bonchev–Trinajstić information content (AvgIpc) is 2.65. The van der Waals surface area contributed by atoms with Gasteiger partial charge in [0.05, 0.1) is 18.2 Å². The van der Waals surface area contributed by atoms with Crippen molar-refractivity contribution >= 4 is 0 Å².